The second kappa shape index (κ2) is 5.22. The molecule has 6 heteroatoms. The monoisotopic (exact) mass is 250 g/mol. The molecule has 0 radical (unpaired) electrons. The molecule has 1 aliphatic heterocycles. The number of carbonyl (C=O) groups is 1. The zero-order valence-corrected chi connectivity index (χ0v) is 10.6. The Morgan fingerprint density at radius 2 is 2.39 bits per heavy atom. The van der Waals surface area contributed by atoms with E-state index in [-0.39, 0.29) is 11.9 Å². The summed E-state index contributed by atoms with van der Waals surface area (Å²) in [6.45, 7) is 3.44. The van der Waals surface area contributed by atoms with Gasteiger partial charge in [-0.1, -0.05) is 0 Å². The van der Waals surface area contributed by atoms with Crippen molar-refractivity contribution >= 4 is 17.4 Å². The van der Waals surface area contributed by atoms with Crippen molar-refractivity contribution in [3.8, 4) is 0 Å². The fourth-order valence-electron chi connectivity index (χ4n) is 2.02. The van der Waals surface area contributed by atoms with Gasteiger partial charge in [-0.05, 0) is 19.1 Å². The number of hydrogen-bond donors (Lipinski definition) is 2. The average Bonchev–Trinajstić information content (AvgIpc) is 2.40. The molecule has 1 fully saturated rings. The van der Waals surface area contributed by atoms with Crippen LogP contribution in [0.2, 0.25) is 0 Å². The number of morpholine rings is 1. The number of ether oxygens (including phenoxy) is 1. The fraction of sp³-hybridized carbons (Fsp3) is 0.500. The van der Waals surface area contributed by atoms with Crippen LogP contribution in [0.1, 0.15) is 5.69 Å². The summed E-state index contributed by atoms with van der Waals surface area (Å²) in [6, 6.07) is 3.29. The highest BCUT2D eigenvalue weighted by molar-refractivity contribution is 5.86. The highest BCUT2D eigenvalue weighted by Gasteiger charge is 2.30. The molecule has 1 unspecified atom stereocenters. The zero-order valence-electron chi connectivity index (χ0n) is 10.6. The predicted molar refractivity (Wildman–Crippen MR) is 69.4 cm³/mol. The van der Waals surface area contributed by atoms with Crippen LogP contribution >= 0.6 is 0 Å². The number of nitrogens with zero attached hydrogens (tertiary/aromatic N) is 2. The van der Waals surface area contributed by atoms with Gasteiger partial charge in [0.1, 0.15) is 6.04 Å². The van der Waals surface area contributed by atoms with Gasteiger partial charge in [-0.15, -0.1) is 0 Å². The molecule has 2 rings (SSSR count). The summed E-state index contributed by atoms with van der Waals surface area (Å²) < 4.78 is 5.36. The number of rotatable bonds is 2. The lowest BCUT2D eigenvalue weighted by Crippen LogP contribution is -2.53. The van der Waals surface area contributed by atoms with Crippen molar-refractivity contribution in [1.82, 2.24) is 10.3 Å². The molecule has 1 aliphatic rings. The molecule has 3 N–H and O–H groups in total. The Hall–Kier alpha value is -1.82. The minimum Gasteiger partial charge on any atom is -0.396 e. The van der Waals surface area contributed by atoms with Crippen LogP contribution in [0.4, 0.5) is 11.5 Å². The lowest BCUT2D eigenvalue weighted by molar-refractivity contribution is -0.124. The topological polar surface area (TPSA) is 80.5 Å². The third kappa shape index (κ3) is 2.38. The van der Waals surface area contributed by atoms with Crippen LogP contribution in [-0.2, 0) is 9.53 Å². The molecule has 6 nitrogen and oxygen atoms in total. The van der Waals surface area contributed by atoms with E-state index in [9.17, 15) is 4.79 Å². The Morgan fingerprint density at radius 3 is 3.11 bits per heavy atom. The fourth-order valence-corrected chi connectivity index (χ4v) is 2.02. The Balaban J connectivity index is 2.33. The van der Waals surface area contributed by atoms with E-state index in [1.165, 1.54) is 0 Å². The van der Waals surface area contributed by atoms with Crippen LogP contribution in [-0.4, -0.2) is 43.7 Å². The number of nitrogens with two attached hydrogens (primary N) is 1. The van der Waals surface area contributed by atoms with E-state index in [1.54, 1.807) is 7.05 Å². The molecule has 18 heavy (non-hydrogen) atoms. The normalized spacial score (nSPS) is 19.7. The number of nitrogens with one attached hydrogen (secondary N) is 1. The average molecular weight is 250 g/mol. The Bertz CT molecular complexity index is 450. The molecule has 0 aliphatic carbocycles. The number of likely N-dealkylation sites (N-methyl/N-ethyl adjacent to an activating group) is 1. The maximum atomic E-state index is 11.8. The molecule has 1 saturated heterocycles. The predicted octanol–water partition coefficient (Wildman–Crippen LogP) is -0.0766. The summed E-state index contributed by atoms with van der Waals surface area (Å²) >= 11 is 0. The summed E-state index contributed by atoms with van der Waals surface area (Å²) in [5.41, 5.74) is 7.40. The van der Waals surface area contributed by atoms with Crippen molar-refractivity contribution in [2.75, 3.05) is 37.4 Å². The molecule has 0 bridgehead atoms. The first kappa shape index (κ1) is 12.6. The van der Waals surface area contributed by atoms with E-state index in [2.05, 4.69) is 10.3 Å². The number of amides is 1. The molecular weight excluding hydrogens is 232 g/mol. The van der Waals surface area contributed by atoms with Gasteiger partial charge in [-0.3, -0.25) is 4.79 Å². The first-order valence-electron chi connectivity index (χ1n) is 5.92. The van der Waals surface area contributed by atoms with E-state index in [0.29, 0.717) is 31.3 Å². The Kier molecular flexibility index (Phi) is 3.66. The van der Waals surface area contributed by atoms with Crippen molar-refractivity contribution in [3.63, 3.8) is 0 Å². The molecule has 2 heterocycles. The van der Waals surface area contributed by atoms with Crippen LogP contribution in [0.25, 0.3) is 0 Å². The number of hydrogen-bond acceptors (Lipinski definition) is 5. The third-order valence-corrected chi connectivity index (χ3v) is 2.99. The molecule has 1 atom stereocenters. The van der Waals surface area contributed by atoms with E-state index in [4.69, 9.17) is 10.5 Å². The van der Waals surface area contributed by atoms with E-state index < -0.39 is 0 Å². The number of pyridine rings is 1. The minimum atomic E-state index is -0.375. The van der Waals surface area contributed by atoms with Crippen LogP contribution in [0.3, 0.4) is 0 Å². The van der Waals surface area contributed by atoms with Gasteiger partial charge in [0.15, 0.2) is 5.82 Å². The number of aryl methyl sites for hydroxylation is 1. The minimum absolute atomic E-state index is 0.0857. The van der Waals surface area contributed by atoms with Gasteiger partial charge in [0.05, 0.1) is 18.9 Å². The maximum absolute atomic E-state index is 11.8. The number of nitrogen functional groups attached to an aromatic ring is 1. The SMILES string of the molecule is CNC(=O)C1COCCN1c1nc(C)ccc1N. The van der Waals surface area contributed by atoms with Gasteiger partial charge in [0.2, 0.25) is 5.91 Å². The van der Waals surface area contributed by atoms with Crippen LogP contribution in [0.15, 0.2) is 12.1 Å². The van der Waals surface area contributed by atoms with Gasteiger partial charge >= 0.3 is 0 Å². The third-order valence-electron chi connectivity index (χ3n) is 2.99. The van der Waals surface area contributed by atoms with Crippen molar-refractivity contribution in [2.45, 2.75) is 13.0 Å². The number of anilines is 2. The molecule has 1 aromatic heterocycles. The molecule has 0 aromatic carbocycles. The summed E-state index contributed by atoms with van der Waals surface area (Å²) in [7, 11) is 1.61. The van der Waals surface area contributed by atoms with Crippen molar-refractivity contribution in [1.29, 1.82) is 0 Å². The highest BCUT2D eigenvalue weighted by Crippen LogP contribution is 2.24. The molecule has 1 aromatic rings. The lowest BCUT2D eigenvalue weighted by atomic mass is 10.2. The van der Waals surface area contributed by atoms with Gasteiger partial charge in [-0.25, -0.2) is 4.98 Å². The van der Waals surface area contributed by atoms with Gasteiger partial charge < -0.3 is 20.7 Å². The van der Waals surface area contributed by atoms with Crippen molar-refractivity contribution < 1.29 is 9.53 Å². The number of aromatic nitrogens is 1. The summed E-state index contributed by atoms with van der Waals surface area (Å²) in [4.78, 5) is 18.2. The lowest BCUT2D eigenvalue weighted by Gasteiger charge is -2.35. The summed E-state index contributed by atoms with van der Waals surface area (Å²) in [5.74, 6) is 0.573. The van der Waals surface area contributed by atoms with E-state index in [0.717, 1.165) is 5.69 Å². The van der Waals surface area contributed by atoms with Crippen LogP contribution < -0.4 is 16.0 Å². The first-order valence-corrected chi connectivity index (χ1v) is 5.92. The largest absolute Gasteiger partial charge is 0.396 e. The highest BCUT2D eigenvalue weighted by atomic mass is 16.5. The van der Waals surface area contributed by atoms with Gasteiger partial charge in [-0.2, -0.15) is 0 Å². The Labute approximate surface area is 106 Å². The first-order chi connectivity index (χ1) is 8.63. The van der Waals surface area contributed by atoms with E-state index in [1.807, 2.05) is 24.0 Å². The van der Waals surface area contributed by atoms with Crippen LogP contribution in [0, 0.1) is 6.92 Å². The van der Waals surface area contributed by atoms with Gasteiger partial charge in [0, 0.05) is 19.3 Å². The quantitative estimate of drug-likeness (QED) is 0.767. The summed E-state index contributed by atoms with van der Waals surface area (Å²) in [6.07, 6.45) is 0. The standard InChI is InChI=1S/C12H18N4O2/c1-8-3-4-9(13)11(15-8)16-5-6-18-7-10(16)12(17)14-2/h3-4,10H,5-7,13H2,1-2H3,(H,14,17). The molecular formula is C12H18N4O2. The van der Waals surface area contributed by atoms with Crippen LogP contribution in [0.5, 0.6) is 0 Å². The number of carbonyl (C=O) groups excluding carboxylic acids is 1. The smallest absolute Gasteiger partial charge is 0.244 e. The maximum Gasteiger partial charge on any atom is 0.244 e. The van der Waals surface area contributed by atoms with E-state index >= 15 is 0 Å². The molecule has 0 spiro atoms. The zero-order chi connectivity index (χ0) is 13.1. The van der Waals surface area contributed by atoms with Gasteiger partial charge in [0.25, 0.3) is 0 Å². The van der Waals surface area contributed by atoms with Crippen molar-refractivity contribution in [3.05, 3.63) is 17.8 Å². The molecule has 1 amide bonds. The second-order valence-electron chi connectivity index (χ2n) is 4.26. The van der Waals surface area contributed by atoms with Crippen molar-refractivity contribution in [2.24, 2.45) is 0 Å². The Morgan fingerprint density at radius 1 is 1.61 bits per heavy atom. The molecule has 98 valence electrons. The second-order valence-corrected chi connectivity index (χ2v) is 4.26. The summed E-state index contributed by atoms with van der Waals surface area (Å²) in [5, 5.41) is 2.64. The molecule has 0 saturated carbocycles.